The number of ether oxygens (including phenoxy) is 2. The maximum absolute atomic E-state index is 12.6. The lowest BCUT2D eigenvalue weighted by Crippen LogP contribution is -2.30. The summed E-state index contributed by atoms with van der Waals surface area (Å²) in [5.41, 5.74) is -0.185. The van der Waals surface area contributed by atoms with Crippen molar-refractivity contribution in [1.82, 2.24) is 0 Å². The van der Waals surface area contributed by atoms with Crippen molar-refractivity contribution in [2.24, 2.45) is 0 Å². The highest BCUT2D eigenvalue weighted by Crippen LogP contribution is 2.41. The van der Waals surface area contributed by atoms with Crippen LogP contribution in [-0.4, -0.2) is 24.5 Å². The zero-order valence-electron chi connectivity index (χ0n) is 12.8. The number of methoxy groups -OCH3 is 1. The number of esters is 1. The Morgan fingerprint density at radius 3 is 2.08 bits per heavy atom. The van der Waals surface area contributed by atoms with Crippen molar-refractivity contribution in [3.8, 4) is 5.75 Å². The molecule has 0 heterocycles. The Kier molecular flexibility index (Phi) is 4.52. The summed E-state index contributed by atoms with van der Waals surface area (Å²) in [5, 5.41) is 0.603. The SMILES string of the molecule is COC(=O)C1(Oc2ccc(C(=O)c3c(Cl)cccc3Cl)cc2)CC1. The Morgan fingerprint density at radius 2 is 1.58 bits per heavy atom. The molecular weight excluding hydrogens is 351 g/mol. The molecular formula is C18H14Cl2O4. The molecule has 2 aromatic carbocycles. The molecule has 0 atom stereocenters. The lowest BCUT2D eigenvalue weighted by atomic mass is 10.0. The molecule has 124 valence electrons. The van der Waals surface area contributed by atoms with Gasteiger partial charge in [-0.2, -0.15) is 0 Å². The number of rotatable bonds is 5. The molecule has 24 heavy (non-hydrogen) atoms. The number of halogens is 2. The first-order chi connectivity index (χ1) is 11.5. The van der Waals surface area contributed by atoms with Gasteiger partial charge in [0.05, 0.1) is 22.7 Å². The number of hydrogen-bond acceptors (Lipinski definition) is 4. The van der Waals surface area contributed by atoms with Gasteiger partial charge < -0.3 is 9.47 Å². The molecule has 0 spiro atoms. The Morgan fingerprint density at radius 1 is 1.00 bits per heavy atom. The Bertz CT molecular complexity index is 775. The monoisotopic (exact) mass is 364 g/mol. The molecule has 0 N–H and O–H groups in total. The molecule has 1 fully saturated rings. The average molecular weight is 365 g/mol. The summed E-state index contributed by atoms with van der Waals surface area (Å²) in [6.07, 6.45) is 1.24. The second-order valence-electron chi connectivity index (χ2n) is 5.54. The third-order valence-electron chi connectivity index (χ3n) is 3.88. The van der Waals surface area contributed by atoms with E-state index < -0.39 is 5.60 Å². The average Bonchev–Trinajstić information content (AvgIpc) is 3.35. The molecule has 0 aliphatic heterocycles. The molecule has 0 aromatic heterocycles. The van der Waals surface area contributed by atoms with Crippen LogP contribution < -0.4 is 4.74 Å². The zero-order chi connectivity index (χ0) is 17.3. The molecule has 1 saturated carbocycles. The van der Waals surface area contributed by atoms with Crippen LogP contribution >= 0.6 is 23.2 Å². The van der Waals surface area contributed by atoms with E-state index in [1.807, 2.05) is 0 Å². The molecule has 4 nitrogen and oxygen atoms in total. The van der Waals surface area contributed by atoms with Crippen molar-refractivity contribution in [2.45, 2.75) is 18.4 Å². The minimum Gasteiger partial charge on any atom is -0.476 e. The van der Waals surface area contributed by atoms with E-state index in [0.29, 0.717) is 34.2 Å². The number of carbonyl (C=O) groups excluding carboxylic acids is 2. The first kappa shape index (κ1) is 16.8. The van der Waals surface area contributed by atoms with Gasteiger partial charge in [0, 0.05) is 18.4 Å². The van der Waals surface area contributed by atoms with E-state index in [-0.39, 0.29) is 17.3 Å². The van der Waals surface area contributed by atoms with Crippen molar-refractivity contribution < 1.29 is 19.1 Å². The van der Waals surface area contributed by atoms with E-state index in [4.69, 9.17) is 32.7 Å². The summed E-state index contributed by atoms with van der Waals surface area (Å²) in [6.45, 7) is 0. The maximum Gasteiger partial charge on any atom is 0.350 e. The molecule has 0 radical (unpaired) electrons. The third-order valence-corrected chi connectivity index (χ3v) is 4.51. The first-order valence-electron chi connectivity index (χ1n) is 7.33. The summed E-state index contributed by atoms with van der Waals surface area (Å²) in [4.78, 5) is 24.3. The van der Waals surface area contributed by atoms with Crippen LogP contribution in [0.3, 0.4) is 0 Å². The van der Waals surface area contributed by atoms with Crippen molar-refractivity contribution in [3.05, 3.63) is 63.6 Å². The van der Waals surface area contributed by atoms with Gasteiger partial charge in [0.25, 0.3) is 0 Å². The van der Waals surface area contributed by atoms with Crippen LogP contribution in [0.1, 0.15) is 28.8 Å². The summed E-state index contributed by atoms with van der Waals surface area (Å²) in [6, 6.07) is 11.4. The van der Waals surface area contributed by atoms with E-state index in [9.17, 15) is 9.59 Å². The zero-order valence-corrected chi connectivity index (χ0v) is 14.4. The fourth-order valence-electron chi connectivity index (χ4n) is 2.41. The summed E-state index contributed by atoms with van der Waals surface area (Å²) < 4.78 is 10.5. The maximum atomic E-state index is 12.6. The first-order valence-corrected chi connectivity index (χ1v) is 8.09. The minimum atomic E-state index is -0.883. The van der Waals surface area contributed by atoms with E-state index in [2.05, 4.69) is 0 Å². The highest BCUT2D eigenvalue weighted by Gasteiger charge is 2.54. The highest BCUT2D eigenvalue weighted by molar-refractivity contribution is 6.41. The molecule has 3 rings (SSSR count). The number of carbonyl (C=O) groups is 2. The van der Waals surface area contributed by atoms with Crippen LogP contribution in [0.5, 0.6) is 5.75 Å². The number of benzene rings is 2. The lowest BCUT2D eigenvalue weighted by molar-refractivity contribution is -0.151. The summed E-state index contributed by atoms with van der Waals surface area (Å²) in [5.74, 6) is -0.156. The Balaban J connectivity index is 1.80. The fourth-order valence-corrected chi connectivity index (χ4v) is 2.98. The van der Waals surface area contributed by atoms with Gasteiger partial charge >= 0.3 is 5.97 Å². The van der Waals surface area contributed by atoms with Crippen LogP contribution in [0.15, 0.2) is 42.5 Å². The van der Waals surface area contributed by atoms with Gasteiger partial charge in [-0.3, -0.25) is 4.79 Å². The van der Waals surface area contributed by atoms with Gasteiger partial charge in [0.2, 0.25) is 5.60 Å². The van der Waals surface area contributed by atoms with Gasteiger partial charge in [-0.15, -0.1) is 0 Å². The second kappa shape index (κ2) is 6.46. The highest BCUT2D eigenvalue weighted by atomic mass is 35.5. The van der Waals surface area contributed by atoms with Gasteiger partial charge in [0.1, 0.15) is 5.75 Å². The standard InChI is InChI=1S/C18H14Cl2O4/c1-23-17(22)18(9-10-18)24-12-7-5-11(6-8-12)16(21)15-13(19)3-2-4-14(15)20/h2-8H,9-10H2,1H3. The predicted molar refractivity (Wildman–Crippen MR) is 90.9 cm³/mol. The lowest BCUT2D eigenvalue weighted by Gasteiger charge is -2.15. The fraction of sp³-hybridized carbons (Fsp3) is 0.222. The van der Waals surface area contributed by atoms with Gasteiger partial charge in [-0.1, -0.05) is 29.3 Å². The second-order valence-corrected chi connectivity index (χ2v) is 6.35. The normalized spacial score (nSPS) is 14.8. The molecule has 0 bridgehead atoms. The van der Waals surface area contributed by atoms with E-state index in [1.54, 1.807) is 42.5 Å². The molecule has 1 aliphatic rings. The van der Waals surface area contributed by atoms with Crippen molar-refractivity contribution in [2.75, 3.05) is 7.11 Å². The number of ketones is 1. The van der Waals surface area contributed by atoms with Crippen molar-refractivity contribution in [1.29, 1.82) is 0 Å². The summed E-state index contributed by atoms with van der Waals surface area (Å²) in [7, 11) is 1.33. The van der Waals surface area contributed by atoms with E-state index in [1.165, 1.54) is 7.11 Å². The van der Waals surface area contributed by atoms with Gasteiger partial charge in [-0.05, 0) is 36.4 Å². The van der Waals surface area contributed by atoms with Gasteiger partial charge in [0.15, 0.2) is 5.78 Å². The number of hydrogen-bond donors (Lipinski definition) is 0. The van der Waals surface area contributed by atoms with Crippen LogP contribution in [0, 0.1) is 0 Å². The van der Waals surface area contributed by atoms with Gasteiger partial charge in [-0.25, -0.2) is 4.79 Å². The molecule has 0 saturated heterocycles. The molecule has 1 aliphatic carbocycles. The van der Waals surface area contributed by atoms with Crippen LogP contribution in [-0.2, 0) is 9.53 Å². The quantitative estimate of drug-likeness (QED) is 0.585. The van der Waals surface area contributed by atoms with Crippen LogP contribution in [0.25, 0.3) is 0 Å². The molecule has 6 heteroatoms. The molecule has 2 aromatic rings. The molecule has 0 unspecified atom stereocenters. The predicted octanol–water partition coefficient (Wildman–Crippen LogP) is 4.31. The van der Waals surface area contributed by atoms with Crippen molar-refractivity contribution in [3.63, 3.8) is 0 Å². The minimum absolute atomic E-state index is 0.266. The molecule has 0 amide bonds. The Hall–Kier alpha value is -2.04. The topological polar surface area (TPSA) is 52.6 Å². The Labute approximate surface area is 149 Å². The van der Waals surface area contributed by atoms with Crippen LogP contribution in [0.2, 0.25) is 10.0 Å². The van der Waals surface area contributed by atoms with E-state index in [0.717, 1.165) is 0 Å². The largest absolute Gasteiger partial charge is 0.476 e. The van der Waals surface area contributed by atoms with Crippen molar-refractivity contribution >= 4 is 35.0 Å². The van der Waals surface area contributed by atoms with E-state index >= 15 is 0 Å². The third kappa shape index (κ3) is 3.12. The van der Waals surface area contributed by atoms with Crippen LogP contribution in [0.4, 0.5) is 0 Å². The smallest absolute Gasteiger partial charge is 0.350 e. The summed E-state index contributed by atoms with van der Waals surface area (Å²) >= 11 is 12.1.